The Bertz CT molecular complexity index is 1060. The number of carbonyl (C=O) groups excluding carboxylic acids is 2. The quantitative estimate of drug-likeness (QED) is 0.407. The Kier molecular flexibility index (Phi) is 6.12. The van der Waals surface area contributed by atoms with E-state index in [0.29, 0.717) is 21.6 Å². The highest BCUT2D eigenvalue weighted by molar-refractivity contribution is 8.01. The van der Waals surface area contributed by atoms with Crippen molar-refractivity contribution in [3.63, 3.8) is 0 Å². The number of hydrogen-bond acceptors (Lipinski definition) is 4. The Morgan fingerprint density at radius 2 is 0.938 bits per heavy atom. The third-order valence-corrected chi connectivity index (χ3v) is 8.38. The van der Waals surface area contributed by atoms with E-state index >= 15 is 0 Å². The summed E-state index contributed by atoms with van der Waals surface area (Å²) in [5.74, 6) is 0.980. The van der Waals surface area contributed by atoms with E-state index in [-0.39, 0.29) is 22.6 Å². The summed E-state index contributed by atoms with van der Waals surface area (Å²) < 4.78 is 0. The lowest BCUT2D eigenvalue weighted by atomic mass is 10.1. The molecule has 2 heterocycles. The Hall–Kier alpha value is -2.12. The van der Waals surface area contributed by atoms with Gasteiger partial charge in [0.05, 0.1) is 11.5 Å². The molecule has 0 spiro atoms. The molecule has 0 bridgehead atoms. The molecule has 32 heavy (non-hydrogen) atoms. The van der Waals surface area contributed by atoms with Gasteiger partial charge in [0.2, 0.25) is 11.8 Å². The van der Waals surface area contributed by atoms with Crippen molar-refractivity contribution in [3.05, 3.63) is 94.0 Å². The highest BCUT2D eigenvalue weighted by Crippen LogP contribution is 2.45. The van der Waals surface area contributed by atoms with Crippen LogP contribution in [0.5, 0.6) is 0 Å². The van der Waals surface area contributed by atoms with E-state index in [9.17, 15) is 9.59 Å². The van der Waals surface area contributed by atoms with Crippen molar-refractivity contribution in [3.8, 4) is 0 Å². The molecule has 0 radical (unpaired) electrons. The van der Waals surface area contributed by atoms with Gasteiger partial charge < -0.3 is 0 Å². The fraction of sp³-hybridized carbons (Fsp3) is 0.167. The average Bonchev–Trinajstić information content (AvgIpc) is 3.38. The van der Waals surface area contributed by atoms with Gasteiger partial charge in [0.25, 0.3) is 0 Å². The first-order valence-corrected chi connectivity index (χ1v) is 12.8. The number of hydrogen-bond donors (Lipinski definition) is 0. The number of benzene rings is 3. The molecule has 2 aliphatic heterocycles. The molecule has 0 saturated carbocycles. The number of amides is 2. The van der Waals surface area contributed by atoms with Crippen LogP contribution in [-0.4, -0.2) is 23.3 Å². The standard InChI is InChI=1S/C24H18Cl2N2O2S2/c25-17-5-1-15(2-6-17)23-27(21(29)13-31-23)19-9-11-20(12-10-19)28-22(30)14-32-24(28)16-3-7-18(26)8-4-16/h1-12,23-24H,13-14H2/t23-,24-/m1/s1. The zero-order chi connectivity index (χ0) is 22.2. The van der Waals surface area contributed by atoms with Crippen LogP contribution in [0.15, 0.2) is 72.8 Å². The number of nitrogens with zero attached hydrogens (tertiary/aromatic N) is 2. The normalized spacial score (nSPS) is 20.9. The van der Waals surface area contributed by atoms with Crippen LogP contribution in [0.1, 0.15) is 21.9 Å². The number of thioether (sulfide) groups is 2. The molecular formula is C24H18Cl2N2O2S2. The van der Waals surface area contributed by atoms with Crippen LogP contribution in [0.25, 0.3) is 0 Å². The van der Waals surface area contributed by atoms with Crippen molar-refractivity contribution >= 4 is 69.9 Å². The summed E-state index contributed by atoms with van der Waals surface area (Å²) in [6, 6.07) is 22.8. The molecule has 2 amide bonds. The van der Waals surface area contributed by atoms with Gasteiger partial charge in [0.15, 0.2) is 0 Å². The summed E-state index contributed by atoms with van der Waals surface area (Å²) in [5.41, 5.74) is 3.68. The Morgan fingerprint density at radius 1 is 0.594 bits per heavy atom. The van der Waals surface area contributed by atoms with E-state index in [1.165, 1.54) is 0 Å². The van der Waals surface area contributed by atoms with Crippen molar-refractivity contribution in [2.24, 2.45) is 0 Å². The Morgan fingerprint density at radius 3 is 1.28 bits per heavy atom. The number of carbonyl (C=O) groups is 2. The van der Waals surface area contributed by atoms with Gasteiger partial charge in [-0.05, 0) is 59.7 Å². The molecule has 162 valence electrons. The molecule has 2 aliphatic rings. The molecule has 0 aromatic heterocycles. The van der Waals surface area contributed by atoms with Gasteiger partial charge in [-0.2, -0.15) is 0 Å². The first-order valence-electron chi connectivity index (χ1n) is 9.99. The van der Waals surface area contributed by atoms with Gasteiger partial charge in [-0.25, -0.2) is 0 Å². The predicted octanol–water partition coefficient (Wildman–Crippen LogP) is 6.55. The molecular weight excluding hydrogens is 483 g/mol. The van der Waals surface area contributed by atoms with Crippen LogP contribution < -0.4 is 9.80 Å². The SMILES string of the molecule is O=C1CS[C@H](c2ccc(Cl)cc2)N1c1ccc(N2C(=O)CS[C@@H]2c2ccc(Cl)cc2)cc1. The summed E-state index contributed by atoms with van der Waals surface area (Å²) >= 11 is 15.2. The first kappa shape index (κ1) is 21.7. The van der Waals surface area contributed by atoms with Gasteiger partial charge >= 0.3 is 0 Å². The third-order valence-electron chi connectivity index (χ3n) is 5.45. The van der Waals surface area contributed by atoms with E-state index in [4.69, 9.17) is 23.2 Å². The van der Waals surface area contributed by atoms with Crippen LogP contribution in [0.2, 0.25) is 10.0 Å². The van der Waals surface area contributed by atoms with Crippen molar-refractivity contribution in [2.75, 3.05) is 21.3 Å². The summed E-state index contributed by atoms with van der Waals surface area (Å²) in [6.45, 7) is 0. The lowest BCUT2D eigenvalue weighted by Gasteiger charge is -2.27. The minimum atomic E-state index is -0.101. The molecule has 2 fully saturated rings. The van der Waals surface area contributed by atoms with Crippen LogP contribution in [0, 0.1) is 0 Å². The minimum absolute atomic E-state index is 0.0644. The van der Waals surface area contributed by atoms with Crippen molar-refractivity contribution in [1.29, 1.82) is 0 Å². The zero-order valence-corrected chi connectivity index (χ0v) is 19.9. The smallest absolute Gasteiger partial charge is 0.238 e. The molecule has 0 aliphatic carbocycles. The van der Waals surface area contributed by atoms with Crippen molar-refractivity contribution in [2.45, 2.75) is 10.7 Å². The maximum Gasteiger partial charge on any atom is 0.238 e. The van der Waals surface area contributed by atoms with E-state index in [1.807, 2.05) is 82.6 Å². The predicted molar refractivity (Wildman–Crippen MR) is 135 cm³/mol. The number of rotatable bonds is 4. The molecule has 2 saturated heterocycles. The van der Waals surface area contributed by atoms with Gasteiger partial charge in [-0.15, -0.1) is 23.5 Å². The van der Waals surface area contributed by atoms with Crippen LogP contribution in [0.3, 0.4) is 0 Å². The van der Waals surface area contributed by atoms with Crippen LogP contribution in [0.4, 0.5) is 11.4 Å². The molecule has 3 aromatic rings. The number of anilines is 2. The van der Waals surface area contributed by atoms with Gasteiger partial charge in [-0.3, -0.25) is 19.4 Å². The topological polar surface area (TPSA) is 40.6 Å². The molecule has 5 rings (SSSR count). The van der Waals surface area contributed by atoms with Crippen LogP contribution in [-0.2, 0) is 9.59 Å². The lowest BCUT2D eigenvalue weighted by molar-refractivity contribution is -0.116. The van der Waals surface area contributed by atoms with Gasteiger partial charge in [0.1, 0.15) is 10.7 Å². The third kappa shape index (κ3) is 4.13. The summed E-state index contributed by atoms with van der Waals surface area (Å²) in [4.78, 5) is 29.0. The van der Waals surface area contributed by atoms with E-state index in [2.05, 4.69) is 0 Å². The number of halogens is 2. The fourth-order valence-corrected chi connectivity index (χ4v) is 6.54. The van der Waals surface area contributed by atoms with Gasteiger partial charge in [0, 0.05) is 21.4 Å². The molecule has 2 atom stereocenters. The maximum absolute atomic E-state index is 12.7. The second kappa shape index (κ2) is 9.02. The molecule has 8 heteroatoms. The monoisotopic (exact) mass is 500 g/mol. The van der Waals surface area contributed by atoms with E-state index in [0.717, 1.165) is 22.5 Å². The Labute approximate surface area is 204 Å². The zero-order valence-electron chi connectivity index (χ0n) is 16.8. The van der Waals surface area contributed by atoms with Gasteiger partial charge in [-0.1, -0.05) is 47.5 Å². The second-order valence-electron chi connectivity index (χ2n) is 7.47. The van der Waals surface area contributed by atoms with E-state index < -0.39 is 0 Å². The fourth-order valence-electron chi connectivity index (χ4n) is 3.93. The largest absolute Gasteiger partial charge is 0.295 e. The second-order valence-corrected chi connectivity index (χ2v) is 10.5. The first-order chi connectivity index (χ1) is 15.5. The Balaban J connectivity index is 1.42. The summed E-state index contributed by atoms with van der Waals surface area (Å²) in [7, 11) is 0. The highest BCUT2D eigenvalue weighted by atomic mass is 35.5. The van der Waals surface area contributed by atoms with Crippen LogP contribution >= 0.6 is 46.7 Å². The van der Waals surface area contributed by atoms with Crippen molar-refractivity contribution < 1.29 is 9.59 Å². The van der Waals surface area contributed by atoms with E-state index in [1.54, 1.807) is 23.5 Å². The summed E-state index contributed by atoms with van der Waals surface area (Å²) in [5, 5.41) is 1.14. The molecule has 3 aromatic carbocycles. The molecule has 4 nitrogen and oxygen atoms in total. The summed E-state index contributed by atoms with van der Waals surface area (Å²) in [6.07, 6.45) is 0. The van der Waals surface area contributed by atoms with Crippen molar-refractivity contribution in [1.82, 2.24) is 0 Å². The highest BCUT2D eigenvalue weighted by Gasteiger charge is 2.36. The molecule has 0 N–H and O–H groups in total. The average molecular weight is 501 g/mol. The minimum Gasteiger partial charge on any atom is -0.295 e. The molecule has 0 unspecified atom stereocenters. The lowest BCUT2D eigenvalue weighted by Crippen LogP contribution is -2.29. The maximum atomic E-state index is 12.7.